The molecule has 3 heterocycles. The number of ether oxygens (including phenoxy) is 1. The van der Waals surface area contributed by atoms with Crippen LogP contribution in [0.4, 0.5) is 0 Å². The number of hydrogen-bond acceptors (Lipinski definition) is 5. The van der Waals surface area contributed by atoms with Crippen LogP contribution in [0, 0.1) is 6.92 Å². The molecule has 6 heteroatoms. The van der Waals surface area contributed by atoms with Crippen LogP contribution >= 0.6 is 0 Å². The van der Waals surface area contributed by atoms with Crippen molar-refractivity contribution in [1.82, 2.24) is 20.0 Å². The molecule has 0 bridgehead atoms. The van der Waals surface area contributed by atoms with E-state index in [1.807, 2.05) is 42.1 Å². The van der Waals surface area contributed by atoms with Crippen LogP contribution in [-0.4, -0.2) is 47.5 Å². The van der Waals surface area contributed by atoms with Gasteiger partial charge in [0.25, 0.3) is 0 Å². The zero-order chi connectivity index (χ0) is 18.5. The smallest absolute Gasteiger partial charge is 0.122 e. The highest BCUT2D eigenvalue weighted by Crippen LogP contribution is 2.23. The highest BCUT2D eigenvalue weighted by Gasteiger charge is 2.24. The Morgan fingerprint density at radius 2 is 1.93 bits per heavy atom. The molecule has 0 aliphatic carbocycles. The summed E-state index contributed by atoms with van der Waals surface area (Å²) in [5.74, 6) is 1.97. The Morgan fingerprint density at radius 1 is 1.11 bits per heavy atom. The van der Waals surface area contributed by atoms with Gasteiger partial charge in [0.15, 0.2) is 0 Å². The summed E-state index contributed by atoms with van der Waals surface area (Å²) in [5, 5.41) is 8.04. The molecule has 1 aromatic carbocycles. The van der Waals surface area contributed by atoms with Gasteiger partial charge in [0.05, 0.1) is 31.1 Å². The standard InChI is InChI=1S/C21H26N4O2/c1-17-7-8-21(27-17)20(24-9-11-26-12-10-24)15-22-13-18-14-23-25(16-18)19-5-3-2-4-6-19/h2-8,14,16,20,22H,9-13,15H2,1H3. The number of nitrogens with one attached hydrogen (secondary N) is 1. The van der Waals surface area contributed by atoms with Crippen molar-refractivity contribution in [3.8, 4) is 5.69 Å². The van der Waals surface area contributed by atoms with Crippen molar-refractivity contribution in [2.45, 2.75) is 19.5 Å². The van der Waals surface area contributed by atoms with Crippen LogP contribution in [-0.2, 0) is 11.3 Å². The molecule has 1 saturated heterocycles. The van der Waals surface area contributed by atoms with Crippen LogP contribution in [0.5, 0.6) is 0 Å². The predicted molar refractivity (Wildman–Crippen MR) is 104 cm³/mol. The summed E-state index contributed by atoms with van der Waals surface area (Å²) in [4.78, 5) is 2.43. The van der Waals surface area contributed by atoms with Gasteiger partial charge in [0.2, 0.25) is 0 Å². The average Bonchev–Trinajstić information content (AvgIpc) is 3.36. The molecule has 0 spiro atoms. The Balaban J connectivity index is 1.38. The van der Waals surface area contributed by atoms with Gasteiger partial charge < -0.3 is 14.5 Å². The van der Waals surface area contributed by atoms with Gasteiger partial charge in [-0.25, -0.2) is 4.68 Å². The van der Waals surface area contributed by atoms with Crippen molar-refractivity contribution in [3.63, 3.8) is 0 Å². The second kappa shape index (κ2) is 8.52. The minimum Gasteiger partial charge on any atom is -0.465 e. The number of aromatic nitrogens is 2. The van der Waals surface area contributed by atoms with Crippen molar-refractivity contribution in [1.29, 1.82) is 0 Å². The monoisotopic (exact) mass is 366 g/mol. The fourth-order valence-electron chi connectivity index (χ4n) is 3.46. The first kappa shape index (κ1) is 18.0. The zero-order valence-corrected chi connectivity index (χ0v) is 15.7. The number of para-hydroxylation sites is 1. The van der Waals surface area contributed by atoms with E-state index >= 15 is 0 Å². The maximum atomic E-state index is 5.92. The molecular formula is C21H26N4O2. The Bertz CT molecular complexity index is 837. The molecule has 0 radical (unpaired) electrons. The van der Waals surface area contributed by atoms with Crippen LogP contribution in [0.1, 0.15) is 23.1 Å². The van der Waals surface area contributed by atoms with Gasteiger partial charge in [-0.2, -0.15) is 5.10 Å². The van der Waals surface area contributed by atoms with Crippen molar-refractivity contribution < 1.29 is 9.15 Å². The highest BCUT2D eigenvalue weighted by atomic mass is 16.5. The lowest BCUT2D eigenvalue weighted by Crippen LogP contribution is -2.42. The van der Waals surface area contributed by atoms with E-state index in [2.05, 4.69) is 39.7 Å². The molecule has 1 fully saturated rings. The molecule has 3 aromatic rings. The molecule has 1 N–H and O–H groups in total. The minimum atomic E-state index is 0.215. The van der Waals surface area contributed by atoms with Crippen molar-refractivity contribution in [2.75, 3.05) is 32.8 Å². The third-order valence-corrected chi connectivity index (χ3v) is 4.90. The number of morpholine rings is 1. The van der Waals surface area contributed by atoms with E-state index in [0.29, 0.717) is 0 Å². The van der Waals surface area contributed by atoms with Crippen LogP contribution in [0.2, 0.25) is 0 Å². The number of rotatable bonds is 7. The Labute approximate surface area is 159 Å². The Morgan fingerprint density at radius 3 is 2.67 bits per heavy atom. The molecule has 1 aliphatic rings. The van der Waals surface area contributed by atoms with Gasteiger partial charge >= 0.3 is 0 Å². The van der Waals surface area contributed by atoms with E-state index in [1.54, 1.807) is 0 Å². The first-order valence-electron chi connectivity index (χ1n) is 9.47. The molecule has 4 rings (SSSR count). The van der Waals surface area contributed by atoms with Crippen molar-refractivity contribution in [2.24, 2.45) is 0 Å². The molecule has 27 heavy (non-hydrogen) atoms. The first-order chi connectivity index (χ1) is 13.3. The Hall–Kier alpha value is -2.41. The predicted octanol–water partition coefficient (Wildman–Crippen LogP) is 2.94. The van der Waals surface area contributed by atoms with E-state index in [-0.39, 0.29) is 6.04 Å². The van der Waals surface area contributed by atoms with Gasteiger partial charge in [-0.15, -0.1) is 0 Å². The molecular weight excluding hydrogens is 340 g/mol. The van der Waals surface area contributed by atoms with E-state index in [9.17, 15) is 0 Å². The number of furan rings is 1. The number of hydrogen-bond donors (Lipinski definition) is 1. The lowest BCUT2D eigenvalue weighted by atomic mass is 10.1. The molecule has 0 amide bonds. The lowest BCUT2D eigenvalue weighted by Gasteiger charge is -2.33. The maximum absolute atomic E-state index is 5.92. The summed E-state index contributed by atoms with van der Waals surface area (Å²) in [6, 6.07) is 14.5. The minimum absolute atomic E-state index is 0.215. The van der Waals surface area contributed by atoms with Gasteiger partial charge in [-0.1, -0.05) is 18.2 Å². The zero-order valence-electron chi connectivity index (χ0n) is 15.7. The SMILES string of the molecule is Cc1ccc(C(CNCc2cnn(-c3ccccc3)c2)N2CCOCC2)o1. The summed E-state index contributed by atoms with van der Waals surface area (Å²) in [6.07, 6.45) is 3.99. The van der Waals surface area contributed by atoms with Gasteiger partial charge in [-0.05, 0) is 31.2 Å². The third-order valence-electron chi connectivity index (χ3n) is 4.90. The molecule has 1 atom stereocenters. The maximum Gasteiger partial charge on any atom is 0.122 e. The summed E-state index contributed by atoms with van der Waals surface area (Å²) < 4.78 is 13.3. The topological polar surface area (TPSA) is 55.5 Å². The van der Waals surface area contributed by atoms with E-state index in [4.69, 9.17) is 9.15 Å². The molecule has 1 aliphatic heterocycles. The molecule has 0 saturated carbocycles. The van der Waals surface area contributed by atoms with E-state index < -0.39 is 0 Å². The fourth-order valence-corrected chi connectivity index (χ4v) is 3.46. The summed E-state index contributed by atoms with van der Waals surface area (Å²) in [6.45, 7) is 7.00. The second-order valence-corrected chi connectivity index (χ2v) is 6.87. The summed E-state index contributed by atoms with van der Waals surface area (Å²) in [7, 11) is 0. The van der Waals surface area contributed by atoms with Crippen LogP contribution in [0.3, 0.4) is 0 Å². The van der Waals surface area contributed by atoms with E-state index in [1.165, 1.54) is 0 Å². The Kier molecular flexibility index (Phi) is 5.67. The third kappa shape index (κ3) is 4.47. The van der Waals surface area contributed by atoms with Gasteiger partial charge in [-0.3, -0.25) is 4.90 Å². The molecule has 2 aromatic heterocycles. The van der Waals surface area contributed by atoms with Gasteiger partial charge in [0, 0.05) is 37.9 Å². The molecule has 6 nitrogen and oxygen atoms in total. The quantitative estimate of drug-likeness (QED) is 0.697. The number of benzene rings is 1. The van der Waals surface area contributed by atoms with Crippen LogP contribution in [0.15, 0.2) is 59.3 Å². The van der Waals surface area contributed by atoms with Crippen LogP contribution in [0.25, 0.3) is 5.69 Å². The lowest BCUT2D eigenvalue weighted by molar-refractivity contribution is 0.0115. The fraction of sp³-hybridized carbons (Fsp3) is 0.381. The highest BCUT2D eigenvalue weighted by molar-refractivity contribution is 5.30. The molecule has 1 unspecified atom stereocenters. The van der Waals surface area contributed by atoms with Crippen molar-refractivity contribution >= 4 is 0 Å². The number of nitrogens with zero attached hydrogens (tertiary/aromatic N) is 3. The average molecular weight is 366 g/mol. The van der Waals surface area contributed by atoms with Gasteiger partial charge in [0.1, 0.15) is 11.5 Å². The largest absolute Gasteiger partial charge is 0.465 e. The first-order valence-corrected chi connectivity index (χ1v) is 9.47. The normalized spacial score (nSPS) is 16.5. The number of aryl methyl sites for hydroxylation is 1. The summed E-state index contributed by atoms with van der Waals surface area (Å²) >= 11 is 0. The van der Waals surface area contributed by atoms with Crippen molar-refractivity contribution in [3.05, 3.63) is 71.9 Å². The second-order valence-electron chi connectivity index (χ2n) is 6.87. The molecule has 142 valence electrons. The van der Waals surface area contributed by atoms with Crippen LogP contribution < -0.4 is 5.32 Å². The van der Waals surface area contributed by atoms with E-state index in [0.717, 1.165) is 62.2 Å². The summed E-state index contributed by atoms with van der Waals surface area (Å²) in [5.41, 5.74) is 2.23.